The minimum absolute atomic E-state index is 0.0220. The molecule has 100 valence electrons. The van der Waals surface area contributed by atoms with E-state index in [0.29, 0.717) is 12.0 Å². The molecule has 5 heteroatoms. The Kier molecular flexibility index (Phi) is 5.01. The molecular weight excluding hydrogens is 309 g/mol. The van der Waals surface area contributed by atoms with Crippen molar-refractivity contribution in [2.75, 3.05) is 0 Å². The second-order valence-corrected chi connectivity index (χ2v) is 5.28. The molecule has 0 bridgehead atoms. The lowest BCUT2D eigenvalue weighted by molar-refractivity contribution is 0.506. The number of pyridine rings is 1. The van der Waals surface area contributed by atoms with Gasteiger partial charge in [-0.3, -0.25) is 16.3 Å². The van der Waals surface area contributed by atoms with E-state index in [-0.39, 0.29) is 11.9 Å². The number of nitrogens with zero attached hydrogens (tertiary/aromatic N) is 1. The molecule has 1 aromatic carbocycles. The van der Waals surface area contributed by atoms with Crippen LogP contribution in [0.4, 0.5) is 4.39 Å². The molecule has 0 fully saturated rings. The van der Waals surface area contributed by atoms with Crippen LogP contribution in [-0.2, 0) is 12.8 Å². The summed E-state index contributed by atoms with van der Waals surface area (Å²) in [7, 11) is 0. The topological polar surface area (TPSA) is 50.9 Å². The van der Waals surface area contributed by atoms with Crippen LogP contribution in [-0.4, -0.2) is 11.0 Å². The van der Waals surface area contributed by atoms with Gasteiger partial charge in [0, 0.05) is 22.9 Å². The largest absolute Gasteiger partial charge is 0.271 e. The second kappa shape index (κ2) is 6.75. The van der Waals surface area contributed by atoms with Crippen molar-refractivity contribution in [1.82, 2.24) is 10.4 Å². The number of aromatic nitrogens is 1. The molecule has 0 spiro atoms. The molecule has 3 nitrogen and oxygen atoms in total. The number of nitrogens with two attached hydrogens (primary N) is 1. The van der Waals surface area contributed by atoms with E-state index in [9.17, 15) is 4.39 Å². The van der Waals surface area contributed by atoms with E-state index in [4.69, 9.17) is 5.84 Å². The minimum atomic E-state index is -0.210. The number of nitrogens with one attached hydrogen (secondary N) is 1. The number of rotatable bonds is 5. The fraction of sp³-hybridized carbons (Fsp3) is 0.214. The van der Waals surface area contributed by atoms with E-state index in [0.717, 1.165) is 16.5 Å². The minimum Gasteiger partial charge on any atom is -0.271 e. The van der Waals surface area contributed by atoms with Gasteiger partial charge in [0.05, 0.1) is 0 Å². The van der Waals surface area contributed by atoms with Crippen molar-refractivity contribution in [3.63, 3.8) is 0 Å². The maximum atomic E-state index is 13.7. The summed E-state index contributed by atoms with van der Waals surface area (Å²) in [4.78, 5) is 3.97. The highest BCUT2D eigenvalue weighted by molar-refractivity contribution is 9.10. The van der Waals surface area contributed by atoms with Crippen LogP contribution in [0.5, 0.6) is 0 Å². The first-order chi connectivity index (χ1) is 9.19. The fourth-order valence-electron chi connectivity index (χ4n) is 1.96. The SMILES string of the molecule is NNC(Cc1ccncc1)Cc1cc(Br)ccc1F. The maximum absolute atomic E-state index is 13.7. The van der Waals surface area contributed by atoms with E-state index in [1.54, 1.807) is 24.5 Å². The van der Waals surface area contributed by atoms with Gasteiger partial charge < -0.3 is 0 Å². The zero-order chi connectivity index (χ0) is 13.7. The Morgan fingerprint density at radius 2 is 1.95 bits per heavy atom. The first-order valence-electron chi connectivity index (χ1n) is 5.98. The lowest BCUT2D eigenvalue weighted by atomic mass is 10.00. The van der Waals surface area contributed by atoms with Crippen LogP contribution in [0, 0.1) is 5.82 Å². The summed E-state index contributed by atoms with van der Waals surface area (Å²) < 4.78 is 14.6. The van der Waals surface area contributed by atoms with Gasteiger partial charge in [0.15, 0.2) is 0 Å². The fourth-order valence-corrected chi connectivity index (χ4v) is 2.37. The van der Waals surface area contributed by atoms with Gasteiger partial charge in [0.25, 0.3) is 0 Å². The van der Waals surface area contributed by atoms with E-state index < -0.39 is 0 Å². The third-order valence-corrected chi connectivity index (χ3v) is 3.43. The normalized spacial score (nSPS) is 12.4. The number of hydrogen-bond acceptors (Lipinski definition) is 3. The maximum Gasteiger partial charge on any atom is 0.126 e. The van der Waals surface area contributed by atoms with Crippen LogP contribution >= 0.6 is 15.9 Å². The van der Waals surface area contributed by atoms with Gasteiger partial charge in [-0.15, -0.1) is 0 Å². The monoisotopic (exact) mass is 323 g/mol. The number of halogens is 2. The third-order valence-electron chi connectivity index (χ3n) is 2.94. The summed E-state index contributed by atoms with van der Waals surface area (Å²) >= 11 is 3.35. The molecule has 0 saturated carbocycles. The van der Waals surface area contributed by atoms with Crippen LogP contribution in [0.1, 0.15) is 11.1 Å². The molecule has 0 aliphatic carbocycles. The van der Waals surface area contributed by atoms with Gasteiger partial charge in [-0.2, -0.15) is 0 Å². The van der Waals surface area contributed by atoms with Crippen LogP contribution < -0.4 is 11.3 Å². The first-order valence-corrected chi connectivity index (χ1v) is 6.77. The highest BCUT2D eigenvalue weighted by Crippen LogP contribution is 2.18. The molecule has 0 saturated heterocycles. The van der Waals surface area contributed by atoms with Crippen LogP contribution in [0.2, 0.25) is 0 Å². The molecule has 19 heavy (non-hydrogen) atoms. The van der Waals surface area contributed by atoms with E-state index in [2.05, 4.69) is 26.3 Å². The Balaban J connectivity index is 2.09. The summed E-state index contributed by atoms with van der Waals surface area (Å²) in [5.41, 5.74) is 4.51. The molecule has 3 N–H and O–H groups in total. The highest BCUT2D eigenvalue weighted by Gasteiger charge is 2.12. The average Bonchev–Trinajstić information content (AvgIpc) is 2.43. The van der Waals surface area contributed by atoms with Crippen molar-refractivity contribution >= 4 is 15.9 Å². The van der Waals surface area contributed by atoms with Crippen LogP contribution in [0.15, 0.2) is 47.2 Å². The Hall–Kier alpha value is -1.30. The van der Waals surface area contributed by atoms with Crippen molar-refractivity contribution in [3.8, 4) is 0 Å². The summed E-state index contributed by atoms with van der Waals surface area (Å²) in [6.07, 6.45) is 4.74. The van der Waals surface area contributed by atoms with Crippen molar-refractivity contribution in [3.05, 3.63) is 64.1 Å². The Morgan fingerprint density at radius 3 is 2.63 bits per heavy atom. The predicted octanol–water partition coefficient (Wildman–Crippen LogP) is 2.60. The Labute approximate surface area is 120 Å². The molecule has 2 rings (SSSR count). The number of hydrazine groups is 1. The molecule has 1 heterocycles. The molecule has 0 radical (unpaired) electrons. The Morgan fingerprint density at radius 1 is 1.21 bits per heavy atom. The van der Waals surface area contributed by atoms with Gasteiger partial charge in [-0.1, -0.05) is 15.9 Å². The summed E-state index contributed by atoms with van der Waals surface area (Å²) in [5, 5.41) is 0. The number of hydrogen-bond donors (Lipinski definition) is 2. The molecule has 1 unspecified atom stereocenters. The van der Waals surface area contributed by atoms with Crippen LogP contribution in [0.3, 0.4) is 0 Å². The quantitative estimate of drug-likeness (QED) is 0.657. The second-order valence-electron chi connectivity index (χ2n) is 4.36. The van der Waals surface area contributed by atoms with Gasteiger partial charge in [-0.05, 0) is 54.3 Å². The van der Waals surface area contributed by atoms with Gasteiger partial charge in [0.2, 0.25) is 0 Å². The molecular formula is C14H15BrFN3. The van der Waals surface area contributed by atoms with E-state index in [1.165, 1.54) is 6.07 Å². The third kappa shape index (κ3) is 4.09. The van der Waals surface area contributed by atoms with Crippen LogP contribution in [0.25, 0.3) is 0 Å². The highest BCUT2D eigenvalue weighted by atomic mass is 79.9. The van der Waals surface area contributed by atoms with Crippen molar-refractivity contribution in [2.24, 2.45) is 5.84 Å². The lowest BCUT2D eigenvalue weighted by Crippen LogP contribution is -2.38. The molecule has 0 amide bonds. The van der Waals surface area contributed by atoms with Gasteiger partial charge in [0.1, 0.15) is 5.82 Å². The zero-order valence-corrected chi connectivity index (χ0v) is 11.9. The molecule has 0 aliphatic rings. The van der Waals surface area contributed by atoms with Gasteiger partial charge in [-0.25, -0.2) is 4.39 Å². The number of benzene rings is 1. The smallest absolute Gasteiger partial charge is 0.126 e. The lowest BCUT2D eigenvalue weighted by Gasteiger charge is -2.16. The van der Waals surface area contributed by atoms with E-state index in [1.807, 2.05) is 12.1 Å². The standard InChI is InChI=1S/C14H15BrFN3/c15-12-1-2-14(16)11(8-12)9-13(19-17)7-10-3-5-18-6-4-10/h1-6,8,13,19H,7,9,17H2. The molecule has 0 aliphatic heterocycles. The van der Waals surface area contributed by atoms with Crippen molar-refractivity contribution in [2.45, 2.75) is 18.9 Å². The summed E-state index contributed by atoms with van der Waals surface area (Å²) in [6.45, 7) is 0. The molecule has 2 aromatic rings. The average molecular weight is 324 g/mol. The summed E-state index contributed by atoms with van der Waals surface area (Å²) in [6, 6.07) is 8.77. The Bertz CT molecular complexity index is 533. The molecule has 1 aromatic heterocycles. The molecule has 1 atom stereocenters. The van der Waals surface area contributed by atoms with Crippen molar-refractivity contribution < 1.29 is 4.39 Å². The summed E-state index contributed by atoms with van der Waals surface area (Å²) in [5.74, 6) is 5.35. The predicted molar refractivity (Wildman–Crippen MR) is 76.9 cm³/mol. The van der Waals surface area contributed by atoms with Crippen molar-refractivity contribution in [1.29, 1.82) is 0 Å². The van der Waals surface area contributed by atoms with E-state index >= 15 is 0 Å². The first kappa shape index (κ1) is 14.1. The zero-order valence-electron chi connectivity index (χ0n) is 10.3. The van der Waals surface area contributed by atoms with Gasteiger partial charge >= 0.3 is 0 Å².